The first kappa shape index (κ1) is 30.6. The number of ether oxygens (including phenoxy) is 1. The number of hydrogen-bond donors (Lipinski definition) is 0. The van der Waals surface area contributed by atoms with Crippen LogP contribution >= 0.6 is 23.1 Å². The molecule has 2 rings (SSSR count). The number of carbonyl (C=O) groups excluding carboxylic acids is 2. The molecule has 0 saturated heterocycles. The monoisotopic (exact) mass is 556 g/mol. The molecule has 0 spiro atoms. The Morgan fingerprint density at radius 1 is 1.11 bits per heavy atom. The van der Waals surface area contributed by atoms with Gasteiger partial charge in [-0.15, -0.1) is 11.3 Å². The Morgan fingerprint density at radius 3 is 2.43 bits per heavy atom. The highest BCUT2D eigenvalue weighted by Crippen LogP contribution is 2.36. The van der Waals surface area contributed by atoms with Crippen molar-refractivity contribution < 1.29 is 27.5 Å². The molecule has 2 aromatic rings. The van der Waals surface area contributed by atoms with Crippen molar-refractivity contribution in [3.05, 3.63) is 35.0 Å². The van der Waals surface area contributed by atoms with Crippen molar-refractivity contribution >= 4 is 40.9 Å². The van der Waals surface area contributed by atoms with Crippen LogP contribution in [0.4, 0.5) is 19.0 Å². The summed E-state index contributed by atoms with van der Waals surface area (Å²) in [5.74, 6) is -2.99. The lowest BCUT2D eigenvalue weighted by molar-refractivity contribution is -0.202. The number of anilines is 1. The molecule has 2 aromatic heterocycles. The molecule has 0 amide bonds. The lowest BCUT2D eigenvalue weighted by Crippen LogP contribution is -2.36. The second kappa shape index (κ2) is 14.3. The fourth-order valence-electron chi connectivity index (χ4n) is 3.31. The van der Waals surface area contributed by atoms with Gasteiger partial charge < -0.3 is 9.64 Å². The number of pyridine rings is 1. The van der Waals surface area contributed by atoms with E-state index >= 15 is 0 Å². The Labute approximate surface area is 223 Å². The van der Waals surface area contributed by atoms with E-state index in [1.165, 1.54) is 44.4 Å². The zero-order valence-corrected chi connectivity index (χ0v) is 22.8. The maximum Gasteiger partial charge on any atom is 0.491 e. The van der Waals surface area contributed by atoms with Crippen molar-refractivity contribution in [1.82, 2.24) is 9.97 Å². The summed E-state index contributed by atoms with van der Waals surface area (Å²) >= 11 is 2.23. The number of alkyl halides is 3. The molecule has 0 aliphatic heterocycles. The van der Waals surface area contributed by atoms with Gasteiger partial charge in [0.25, 0.3) is 0 Å². The van der Waals surface area contributed by atoms with Crippen LogP contribution in [0.15, 0.2) is 28.0 Å². The van der Waals surface area contributed by atoms with Crippen LogP contribution in [0.2, 0.25) is 0 Å². The number of esters is 2. The first-order valence-electron chi connectivity index (χ1n) is 12.0. The van der Waals surface area contributed by atoms with Crippen molar-refractivity contribution in [2.45, 2.75) is 81.0 Å². The standard InChI is InChI=1S/C25H31F3N4O3S2/c1-4-5-6-7-8-13-32(20-12-11-18(15-29)16-30-20)14-9-10-19-17-36-23(31-19)37-24(2,3)21(33)35-22(34)25(26,27)28/h11-12,16-17H,4-10,13-14H2,1-3H3. The van der Waals surface area contributed by atoms with E-state index in [0.717, 1.165) is 55.6 Å². The molecule has 7 nitrogen and oxygen atoms in total. The number of carbonyl (C=O) groups is 2. The number of nitrogens with zero attached hydrogens (tertiary/aromatic N) is 4. The van der Waals surface area contributed by atoms with Gasteiger partial charge in [0.1, 0.15) is 16.6 Å². The van der Waals surface area contributed by atoms with E-state index in [9.17, 15) is 22.8 Å². The maximum absolute atomic E-state index is 12.4. The average Bonchev–Trinajstić information content (AvgIpc) is 3.28. The number of thiazole rings is 1. The van der Waals surface area contributed by atoms with Gasteiger partial charge in [-0.1, -0.05) is 44.4 Å². The molecule has 0 aliphatic rings. The Morgan fingerprint density at radius 2 is 1.81 bits per heavy atom. The summed E-state index contributed by atoms with van der Waals surface area (Å²) in [7, 11) is 0. The Hall–Kier alpha value is -2.65. The van der Waals surface area contributed by atoms with Crippen molar-refractivity contribution in [2.24, 2.45) is 0 Å². The predicted octanol–water partition coefficient (Wildman–Crippen LogP) is 6.32. The molecule has 0 bridgehead atoms. The Bertz CT molecular complexity index is 1070. The third-order valence-corrected chi connectivity index (χ3v) is 7.54. The molecule has 0 N–H and O–H groups in total. The topological polar surface area (TPSA) is 96.2 Å². The van der Waals surface area contributed by atoms with Gasteiger partial charge in [0, 0.05) is 24.7 Å². The molecule has 12 heteroatoms. The van der Waals surface area contributed by atoms with Gasteiger partial charge in [0.2, 0.25) is 0 Å². The minimum Gasteiger partial charge on any atom is -0.385 e. The number of aromatic nitrogens is 2. The number of unbranched alkanes of at least 4 members (excludes halogenated alkanes) is 4. The third-order valence-electron chi connectivity index (χ3n) is 5.38. The molecule has 0 fully saturated rings. The molecule has 0 saturated carbocycles. The minimum atomic E-state index is -5.23. The van der Waals surface area contributed by atoms with Gasteiger partial charge in [-0.2, -0.15) is 18.4 Å². The van der Waals surface area contributed by atoms with Crippen molar-refractivity contribution in [2.75, 3.05) is 18.0 Å². The van der Waals surface area contributed by atoms with Crippen molar-refractivity contribution in [1.29, 1.82) is 5.26 Å². The van der Waals surface area contributed by atoms with E-state index in [4.69, 9.17) is 5.26 Å². The minimum absolute atomic E-state index is 0.498. The molecule has 0 unspecified atom stereocenters. The number of thioether (sulfide) groups is 1. The highest BCUT2D eigenvalue weighted by Gasteiger charge is 2.45. The van der Waals surface area contributed by atoms with Crippen LogP contribution < -0.4 is 4.90 Å². The van der Waals surface area contributed by atoms with Crippen LogP contribution in [0.3, 0.4) is 0 Å². The van der Waals surface area contributed by atoms with Crippen LogP contribution in [0.25, 0.3) is 0 Å². The highest BCUT2D eigenvalue weighted by molar-refractivity contribution is 8.03. The number of aryl methyl sites for hydroxylation is 1. The van der Waals surface area contributed by atoms with Gasteiger partial charge in [0.05, 0.1) is 11.3 Å². The number of halogens is 3. The lowest BCUT2D eigenvalue weighted by atomic mass is 10.1. The van der Waals surface area contributed by atoms with Crippen LogP contribution in [0, 0.1) is 11.3 Å². The molecular formula is C25H31F3N4O3S2. The summed E-state index contributed by atoms with van der Waals surface area (Å²) in [6.45, 7) is 6.54. The number of hydrogen-bond acceptors (Lipinski definition) is 9. The van der Waals surface area contributed by atoms with Crippen LogP contribution in [-0.4, -0.2) is 45.9 Å². The zero-order valence-electron chi connectivity index (χ0n) is 21.1. The number of nitriles is 1. The second-order valence-electron chi connectivity index (χ2n) is 8.91. The molecule has 0 radical (unpaired) electrons. The van der Waals surface area contributed by atoms with E-state index in [-0.39, 0.29) is 0 Å². The smallest absolute Gasteiger partial charge is 0.385 e. The predicted molar refractivity (Wildman–Crippen MR) is 137 cm³/mol. The summed E-state index contributed by atoms with van der Waals surface area (Å²) in [6, 6.07) is 5.69. The van der Waals surface area contributed by atoms with Crippen molar-refractivity contribution in [3.63, 3.8) is 0 Å². The largest absolute Gasteiger partial charge is 0.491 e. The molecule has 202 valence electrons. The summed E-state index contributed by atoms with van der Waals surface area (Å²) in [6.07, 6.45) is 3.55. The van der Waals surface area contributed by atoms with Gasteiger partial charge in [-0.05, 0) is 45.2 Å². The molecule has 0 aliphatic carbocycles. The van der Waals surface area contributed by atoms with E-state index < -0.39 is 22.9 Å². The lowest BCUT2D eigenvalue weighted by Gasteiger charge is -2.23. The van der Waals surface area contributed by atoms with Gasteiger partial charge in [0.15, 0.2) is 4.34 Å². The van der Waals surface area contributed by atoms with E-state index in [1.807, 2.05) is 11.4 Å². The zero-order chi connectivity index (χ0) is 27.5. The average molecular weight is 557 g/mol. The van der Waals surface area contributed by atoms with Gasteiger partial charge in [-0.3, -0.25) is 4.79 Å². The van der Waals surface area contributed by atoms with Gasteiger partial charge in [-0.25, -0.2) is 14.8 Å². The van der Waals surface area contributed by atoms with Gasteiger partial charge >= 0.3 is 18.1 Å². The summed E-state index contributed by atoms with van der Waals surface area (Å²) < 4.78 is 40.3. The normalized spacial score (nSPS) is 11.7. The van der Waals surface area contributed by atoms with E-state index in [0.29, 0.717) is 16.3 Å². The quantitative estimate of drug-likeness (QED) is 0.115. The van der Waals surface area contributed by atoms with Crippen LogP contribution in [0.5, 0.6) is 0 Å². The summed E-state index contributed by atoms with van der Waals surface area (Å²) in [5, 5.41) is 10.9. The van der Waals surface area contributed by atoms with E-state index in [2.05, 4.69) is 32.6 Å². The molecular weight excluding hydrogens is 525 g/mol. The van der Waals surface area contributed by atoms with Crippen LogP contribution in [0.1, 0.15) is 70.6 Å². The summed E-state index contributed by atoms with van der Waals surface area (Å²) in [5.41, 5.74) is 1.31. The molecule has 0 atom stereocenters. The highest BCUT2D eigenvalue weighted by atomic mass is 32.2. The summed E-state index contributed by atoms with van der Waals surface area (Å²) in [4.78, 5) is 34.2. The fourth-order valence-corrected chi connectivity index (χ4v) is 5.58. The second-order valence-corrected chi connectivity index (χ2v) is 11.6. The van der Waals surface area contributed by atoms with Crippen LogP contribution in [-0.2, 0) is 20.7 Å². The third kappa shape index (κ3) is 10.3. The number of rotatable bonds is 14. The Kier molecular flexibility index (Phi) is 11.8. The Balaban J connectivity index is 1.93. The maximum atomic E-state index is 12.4. The molecule has 2 heterocycles. The SMILES string of the molecule is CCCCCCCN(CCCc1csc(SC(C)(C)C(=O)OC(=O)C(F)(F)F)n1)c1ccc(C#N)cn1. The fraction of sp³-hybridized carbons (Fsp3) is 0.560. The van der Waals surface area contributed by atoms with Crippen molar-refractivity contribution in [3.8, 4) is 6.07 Å². The first-order valence-corrected chi connectivity index (χ1v) is 13.7. The molecule has 0 aromatic carbocycles. The molecule has 37 heavy (non-hydrogen) atoms. The van der Waals surface area contributed by atoms with E-state index in [1.54, 1.807) is 12.3 Å². The first-order chi connectivity index (χ1) is 17.5.